The molecule has 1 atom stereocenters. The molecule has 6 heteroatoms. The first-order valence-corrected chi connectivity index (χ1v) is 4.93. The molecule has 14 heavy (non-hydrogen) atoms. The van der Waals surface area contributed by atoms with Gasteiger partial charge in [-0.2, -0.15) is 17.0 Å². The summed E-state index contributed by atoms with van der Waals surface area (Å²) in [5.74, 6) is -2.12. The van der Waals surface area contributed by atoms with Gasteiger partial charge in [0.2, 0.25) is 5.91 Å². The maximum atomic E-state index is 11.1. The number of rotatable bonds is 6. The van der Waals surface area contributed by atoms with Crippen molar-refractivity contribution >= 4 is 23.6 Å². The fourth-order valence-corrected chi connectivity index (χ4v) is 1.52. The monoisotopic (exact) mass is 219 g/mol. The Kier molecular flexibility index (Phi) is 4.18. The maximum absolute atomic E-state index is 11.1. The number of nitrogens with zero attached hydrogens (tertiary/aromatic N) is 1. The van der Waals surface area contributed by atoms with Crippen molar-refractivity contribution in [2.45, 2.75) is 19.3 Å². The van der Waals surface area contributed by atoms with Crippen LogP contribution in [0, 0.1) is 11.3 Å². The van der Waals surface area contributed by atoms with E-state index in [1.807, 2.05) is 11.4 Å². The van der Waals surface area contributed by atoms with E-state index < -0.39 is 24.8 Å². The Bertz CT molecular complexity index is 327. The van der Waals surface area contributed by atoms with Crippen LogP contribution in [0.1, 0.15) is 17.4 Å². The van der Waals surface area contributed by atoms with Crippen LogP contribution in [0.2, 0.25) is 0 Å². The third-order valence-corrected chi connectivity index (χ3v) is 2.31. The van der Waals surface area contributed by atoms with Gasteiger partial charge in [-0.15, -0.1) is 0 Å². The molecule has 1 amide bonds. The van der Waals surface area contributed by atoms with Gasteiger partial charge in [-0.25, -0.2) is 4.79 Å². The summed E-state index contributed by atoms with van der Waals surface area (Å²) in [5.41, 5.74) is 0. The van der Waals surface area contributed by atoms with Crippen molar-refractivity contribution < 1.29 is 18.8 Å². The first-order chi connectivity index (χ1) is 7.79. The zero-order valence-corrected chi connectivity index (χ0v) is 8.13. The van der Waals surface area contributed by atoms with Gasteiger partial charge in [0, 0.05) is 28.9 Å². The molecule has 0 aliphatic heterocycles. The highest BCUT2D eigenvalue weighted by molar-refractivity contribution is 7.99. The highest BCUT2D eigenvalue weighted by Gasteiger charge is 2.17. The number of nitrogens with one attached hydrogen (secondary N) is 1. The lowest BCUT2D eigenvalue weighted by Crippen LogP contribution is -2.41. The van der Waals surface area contributed by atoms with Crippen LogP contribution in [-0.2, 0) is 9.59 Å². The molecule has 78 valence electrons. The third kappa shape index (κ3) is 6.31. The van der Waals surface area contributed by atoms with E-state index in [2.05, 4.69) is 0 Å². The van der Waals surface area contributed by atoms with Crippen molar-refractivity contribution in [3.63, 3.8) is 0 Å². The van der Waals surface area contributed by atoms with E-state index in [-0.39, 0.29) is 12.2 Å². The largest absolute Gasteiger partial charge is 0.480 e. The average molecular weight is 219 g/mol. The number of hydrogen-bond donors (Lipinski definition) is 2. The van der Waals surface area contributed by atoms with Gasteiger partial charge in [0.25, 0.3) is 0 Å². The number of carbonyl (C=O) groups is 2. The van der Waals surface area contributed by atoms with E-state index in [9.17, 15) is 9.59 Å². The van der Waals surface area contributed by atoms with Gasteiger partial charge < -0.3 is 10.4 Å². The van der Waals surface area contributed by atoms with Crippen molar-refractivity contribution in [3.05, 3.63) is 0 Å². The molecule has 0 saturated carbocycles. The van der Waals surface area contributed by atoms with Crippen LogP contribution in [-0.4, -0.2) is 34.5 Å². The minimum absolute atomic E-state index is 0.0266. The first kappa shape index (κ1) is 8.12. The molecule has 0 aromatic rings. The quantitative estimate of drug-likeness (QED) is 0.624. The predicted molar refractivity (Wildman–Crippen MR) is 52.8 cm³/mol. The number of amides is 1. The van der Waals surface area contributed by atoms with Crippen LogP contribution < -0.4 is 5.32 Å². The normalized spacial score (nSPS) is 15.5. The summed E-state index contributed by atoms with van der Waals surface area (Å²) in [7, 11) is 0. The smallest absolute Gasteiger partial charge is 0.327 e. The number of thioether (sulfide) groups is 1. The molecule has 0 aliphatic rings. The standard InChI is InChI=1S/C8H12N2O3S/c1-6(11)10-7(8(12)13)5-14-4-2-3-9/h7H,2,4-5H2,1H3,(H,10,11)(H,12,13)/t7-/m0/s1/i1D3. The van der Waals surface area contributed by atoms with Crippen LogP contribution in [0.25, 0.3) is 0 Å². The molecule has 5 nitrogen and oxygen atoms in total. The lowest BCUT2D eigenvalue weighted by molar-refractivity contribution is -0.140. The molecule has 0 bridgehead atoms. The zero-order valence-electron chi connectivity index (χ0n) is 10.3. The lowest BCUT2D eigenvalue weighted by atomic mass is 10.3. The Labute approximate surface area is 90.7 Å². The molecular formula is C8H12N2O3S. The van der Waals surface area contributed by atoms with Crippen LogP contribution >= 0.6 is 11.8 Å². The second-order valence-corrected chi connectivity index (χ2v) is 3.50. The predicted octanol–water partition coefficient (Wildman–Crippen LogP) is 0.223. The van der Waals surface area contributed by atoms with Crippen molar-refractivity contribution in [3.8, 4) is 6.07 Å². The van der Waals surface area contributed by atoms with Gasteiger partial charge in [0.15, 0.2) is 0 Å². The average Bonchev–Trinajstić information content (AvgIpc) is 2.20. The maximum Gasteiger partial charge on any atom is 0.327 e. The molecule has 2 N–H and O–H groups in total. The van der Waals surface area contributed by atoms with E-state index in [4.69, 9.17) is 14.5 Å². The van der Waals surface area contributed by atoms with Crippen LogP contribution in [0.3, 0.4) is 0 Å². The molecule has 0 fully saturated rings. The molecule has 0 aromatic heterocycles. The number of nitriles is 1. The summed E-state index contributed by atoms with van der Waals surface area (Å²) in [6, 6.07) is 0.632. The van der Waals surface area contributed by atoms with Crippen molar-refractivity contribution in [2.24, 2.45) is 0 Å². The summed E-state index contributed by atoms with van der Waals surface area (Å²) in [5, 5.41) is 19.0. The fraction of sp³-hybridized carbons (Fsp3) is 0.625. The third-order valence-electron chi connectivity index (χ3n) is 1.25. The summed E-state index contributed by atoms with van der Waals surface area (Å²) >= 11 is 1.17. The first-order valence-electron chi connectivity index (χ1n) is 5.27. The minimum Gasteiger partial charge on any atom is -0.480 e. The number of aliphatic carboxylic acids is 1. The molecule has 0 aliphatic carbocycles. The summed E-state index contributed by atoms with van der Waals surface area (Å²) < 4.78 is 20.4. The highest BCUT2D eigenvalue weighted by Crippen LogP contribution is 2.04. The van der Waals surface area contributed by atoms with Crippen LogP contribution in [0.15, 0.2) is 0 Å². The van der Waals surface area contributed by atoms with Gasteiger partial charge in [0.05, 0.1) is 6.07 Å². The van der Waals surface area contributed by atoms with E-state index >= 15 is 0 Å². The molecule has 0 rings (SSSR count). The van der Waals surface area contributed by atoms with Gasteiger partial charge in [0.1, 0.15) is 6.04 Å². The SMILES string of the molecule is [2H]C([2H])([2H])C(=O)N[C@@H](CSCCC#N)C(=O)O. The van der Waals surface area contributed by atoms with E-state index in [0.29, 0.717) is 5.75 Å². The Balaban J connectivity index is 4.22. The van der Waals surface area contributed by atoms with Crippen LogP contribution in [0.4, 0.5) is 0 Å². The topological polar surface area (TPSA) is 90.2 Å². The minimum atomic E-state index is -2.86. The molecular weight excluding hydrogens is 204 g/mol. The Morgan fingerprint density at radius 3 is 3.00 bits per heavy atom. The van der Waals surface area contributed by atoms with E-state index in [1.165, 1.54) is 11.8 Å². The molecule has 0 spiro atoms. The second-order valence-electron chi connectivity index (χ2n) is 2.35. The Morgan fingerprint density at radius 1 is 1.79 bits per heavy atom. The van der Waals surface area contributed by atoms with Gasteiger partial charge in [-0.1, -0.05) is 0 Å². The molecule has 0 saturated heterocycles. The molecule has 0 radical (unpaired) electrons. The Morgan fingerprint density at radius 2 is 2.50 bits per heavy atom. The van der Waals surface area contributed by atoms with Crippen molar-refractivity contribution in [2.75, 3.05) is 11.5 Å². The highest BCUT2D eigenvalue weighted by atomic mass is 32.2. The van der Waals surface area contributed by atoms with Crippen molar-refractivity contribution in [1.29, 1.82) is 5.26 Å². The van der Waals surface area contributed by atoms with E-state index in [1.54, 1.807) is 0 Å². The summed E-state index contributed by atoms with van der Waals surface area (Å²) in [6.07, 6.45) is 0.268. The number of hydrogen-bond acceptors (Lipinski definition) is 4. The number of carboxylic acid groups (broad SMARTS) is 1. The fourth-order valence-electron chi connectivity index (χ4n) is 0.652. The number of carboxylic acids is 1. The molecule has 0 aromatic carbocycles. The van der Waals surface area contributed by atoms with Gasteiger partial charge in [-0.3, -0.25) is 4.79 Å². The number of carbonyl (C=O) groups excluding carboxylic acids is 1. The lowest BCUT2D eigenvalue weighted by Gasteiger charge is -2.11. The zero-order chi connectivity index (χ0) is 13.5. The van der Waals surface area contributed by atoms with E-state index in [0.717, 1.165) is 0 Å². The Hall–Kier alpha value is -1.22. The molecule has 0 unspecified atom stereocenters. The second kappa shape index (κ2) is 7.21. The van der Waals surface area contributed by atoms with Gasteiger partial charge >= 0.3 is 5.97 Å². The van der Waals surface area contributed by atoms with Gasteiger partial charge in [-0.05, 0) is 0 Å². The molecule has 0 heterocycles. The van der Waals surface area contributed by atoms with Crippen LogP contribution in [0.5, 0.6) is 0 Å². The summed E-state index contributed by atoms with van der Waals surface area (Å²) in [4.78, 5) is 21.8. The summed E-state index contributed by atoms with van der Waals surface area (Å²) in [6.45, 7) is -2.86. The van der Waals surface area contributed by atoms with Crippen molar-refractivity contribution in [1.82, 2.24) is 5.32 Å².